The minimum Gasteiger partial charge on any atom is -0.484 e. The van der Waals surface area contributed by atoms with E-state index >= 15 is 0 Å². The third-order valence-corrected chi connectivity index (χ3v) is 3.96. The molecule has 0 bridgehead atoms. The van der Waals surface area contributed by atoms with Gasteiger partial charge < -0.3 is 9.47 Å². The molecular formula is C15H28N6O2. The first-order valence-electron chi connectivity index (χ1n) is 7.86. The summed E-state index contributed by atoms with van der Waals surface area (Å²) in [6.07, 6.45) is 0.516. The van der Waals surface area contributed by atoms with Gasteiger partial charge in [0.15, 0.2) is 11.8 Å². The van der Waals surface area contributed by atoms with Gasteiger partial charge in [-0.2, -0.15) is 5.26 Å². The summed E-state index contributed by atoms with van der Waals surface area (Å²) in [5, 5.41) is 24.2. The van der Waals surface area contributed by atoms with Crippen molar-refractivity contribution >= 4 is 11.8 Å². The molecule has 0 aromatic rings. The summed E-state index contributed by atoms with van der Waals surface area (Å²) in [5.41, 5.74) is 0. The minimum absolute atomic E-state index is 0.254. The monoisotopic (exact) mass is 324 g/mol. The molecule has 1 fully saturated rings. The summed E-state index contributed by atoms with van der Waals surface area (Å²) in [5.74, 6) is 0.507. The van der Waals surface area contributed by atoms with Crippen LogP contribution in [-0.2, 0) is 9.47 Å². The highest BCUT2D eigenvalue weighted by Crippen LogP contribution is 2.02. The predicted molar refractivity (Wildman–Crippen MR) is 89.0 cm³/mol. The number of nitrogens with zero attached hydrogens (tertiary/aromatic N) is 4. The molecule has 0 saturated carbocycles. The van der Waals surface area contributed by atoms with Crippen LogP contribution in [0.4, 0.5) is 0 Å². The highest BCUT2D eigenvalue weighted by Gasteiger charge is 2.18. The standard InChI is InChI=1S/C15H28N6O2/c1-22-14(17)12-20-8-6-19(5-3-4-16)7-9-21(11-10-20)13-15(18)23-2/h17-18H,3,5-13H2,1-2H3. The van der Waals surface area contributed by atoms with E-state index in [0.29, 0.717) is 19.5 Å². The average molecular weight is 324 g/mol. The second-order valence-electron chi connectivity index (χ2n) is 5.56. The summed E-state index contributed by atoms with van der Waals surface area (Å²) >= 11 is 0. The maximum Gasteiger partial charge on any atom is 0.194 e. The Kier molecular flexibility index (Phi) is 9.21. The largest absolute Gasteiger partial charge is 0.484 e. The van der Waals surface area contributed by atoms with Gasteiger partial charge in [0.25, 0.3) is 0 Å². The van der Waals surface area contributed by atoms with E-state index in [-0.39, 0.29) is 11.8 Å². The van der Waals surface area contributed by atoms with E-state index in [0.717, 1.165) is 45.8 Å². The van der Waals surface area contributed by atoms with Gasteiger partial charge in [0.2, 0.25) is 0 Å². The van der Waals surface area contributed by atoms with Crippen LogP contribution in [0, 0.1) is 22.1 Å². The molecule has 1 rings (SSSR count). The molecule has 130 valence electrons. The molecule has 1 aliphatic heterocycles. The van der Waals surface area contributed by atoms with Crippen molar-refractivity contribution in [3.05, 3.63) is 0 Å². The van der Waals surface area contributed by atoms with Crippen molar-refractivity contribution < 1.29 is 9.47 Å². The van der Waals surface area contributed by atoms with Crippen molar-refractivity contribution in [2.45, 2.75) is 6.42 Å². The molecule has 1 heterocycles. The molecule has 23 heavy (non-hydrogen) atoms. The highest BCUT2D eigenvalue weighted by atomic mass is 16.5. The number of rotatable bonds is 6. The molecule has 0 amide bonds. The van der Waals surface area contributed by atoms with Gasteiger partial charge in [0.1, 0.15) is 0 Å². The molecule has 0 atom stereocenters. The van der Waals surface area contributed by atoms with Gasteiger partial charge in [0.05, 0.1) is 33.4 Å². The molecule has 0 aliphatic carbocycles. The molecule has 8 nitrogen and oxygen atoms in total. The molecule has 2 N–H and O–H groups in total. The lowest BCUT2D eigenvalue weighted by molar-refractivity contribution is 0.227. The first-order chi connectivity index (χ1) is 11.1. The molecule has 0 aromatic carbocycles. The molecule has 8 heteroatoms. The Bertz CT molecular complexity index is 393. The van der Waals surface area contributed by atoms with Crippen LogP contribution in [0.25, 0.3) is 0 Å². The summed E-state index contributed by atoms with van der Waals surface area (Å²) in [6.45, 7) is 6.77. The summed E-state index contributed by atoms with van der Waals surface area (Å²) < 4.78 is 9.95. The van der Waals surface area contributed by atoms with Crippen LogP contribution in [0.2, 0.25) is 0 Å². The lowest BCUT2D eigenvalue weighted by Crippen LogP contribution is -2.40. The fourth-order valence-corrected chi connectivity index (χ4v) is 2.47. The van der Waals surface area contributed by atoms with E-state index in [1.165, 1.54) is 14.2 Å². The van der Waals surface area contributed by atoms with Gasteiger partial charge in [-0.3, -0.25) is 25.5 Å². The number of methoxy groups -OCH3 is 2. The smallest absolute Gasteiger partial charge is 0.194 e. The van der Waals surface area contributed by atoms with Gasteiger partial charge in [-0.25, -0.2) is 0 Å². The van der Waals surface area contributed by atoms with Crippen LogP contribution in [-0.4, -0.2) is 99.6 Å². The Hall–Kier alpha value is -1.69. The third-order valence-electron chi connectivity index (χ3n) is 3.96. The normalized spacial score (nSPS) is 18.3. The Morgan fingerprint density at radius 1 is 0.870 bits per heavy atom. The van der Waals surface area contributed by atoms with Gasteiger partial charge >= 0.3 is 0 Å². The zero-order chi connectivity index (χ0) is 17.1. The molecule has 1 aliphatic rings. The molecule has 1 saturated heterocycles. The van der Waals surface area contributed by atoms with Crippen LogP contribution >= 0.6 is 0 Å². The zero-order valence-electron chi connectivity index (χ0n) is 14.2. The van der Waals surface area contributed by atoms with Gasteiger partial charge in [-0.05, 0) is 0 Å². The van der Waals surface area contributed by atoms with Crippen molar-refractivity contribution in [1.29, 1.82) is 16.1 Å². The molecule has 0 radical (unpaired) electrons. The van der Waals surface area contributed by atoms with E-state index in [1.807, 2.05) is 0 Å². The number of nitrogens with one attached hydrogen (secondary N) is 2. The van der Waals surface area contributed by atoms with Crippen molar-refractivity contribution in [2.75, 3.05) is 73.1 Å². The zero-order valence-corrected chi connectivity index (χ0v) is 14.2. The van der Waals surface area contributed by atoms with Crippen LogP contribution in [0.1, 0.15) is 6.42 Å². The van der Waals surface area contributed by atoms with Gasteiger partial charge in [0, 0.05) is 52.2 Å². The fraction of sp³-hybridized carbons (Fsp3) is 0.800. The Balaban J connectivity index is 2.67. The first kappa shape index (κ1) is 19.4. The number of hydrogen-bond acceptors (Lipinski definition) is 8. The Labute approximate surface area is 138 Å². The van der Waals surface area contributed by atoms with Crippen molar-refractivity contribution in [3.63, 3.8) is 0 Å². The van der Waals surface area contributed by atoms with Gasteiger partial charge in [-0.15, -0.1) is 0 Å². The lowest BCUT2D eigenvalue weighted by Gasteiger charge is -2.25. The average Bonchev–Trinajstić information content (AvgIpc) is 2.65. The minimum atomic E-state index is 0.254. The number of hydrogen-bond donors (Lipinski definition) is 2. The van der Waals surface area contributed by atoms with Crippen molar-refractivity contribution in [1.82, 2.24) is 14.7 Å². The number of nitriles is 1. The van der Waals surface area contributed by atoms with Crippen molar-refractivity contribution in [2.24, 2.45) is 0 Å². The SMILES string of the molecule is COC(=N)CN1CCN(CCC#N)CCN(CC(=N)OC)CC1. The van der Waals surface area contributed by atoms with E-state index in [9.17, 15) is 0 Å². The Morgan fingerprint density at radius 3 is 1.61 bits per heavy atom. The summed E-state index contributed by atoms with van der Waals surface area (Å²) in [4.78, 5) is 6.63. The lowest BCUT2D eigenvalue weighted by atomic mass is 10.3. The van der Waals surface area contributed by atoms with E-state index < -0.39 is 0 Å². The van der Waals surface area contributed by atoms with E-state index in [1.54, 1.807) is 0 Å². The first-order valence-corrected chi connectivity index (χ1v) is 7.86. The van der Waals surface area contributed by atoms with E-state index in [4.69, 9.17) is 25.6 Å². The fourth-order valence-electron chi connectivity index (χ4n) is 2.47. The second kappa shape index (κ2) is 10.9. The quantitative estimate of drug-likeness (QED) is 0.530. The summed E-state index contributed by atoms with van der Waals surface area (Å²) in [6, 6.07) is 2.19. The third kappa shape index (κ3) is 7.93. The maximum atomic E-state index is 8.80. The van der Waals surface area contributed by atoms with Crippen molar-refractivity contribution in [3.8, 4) is 6.07 Å². The topological polar surface area (TPSA) is 99.7 Å². The summed E-state index contributed by atoms with van der Waals surface area (Å²) in [7, 11) is 3.04. The van der Waals surface area contributed by atoms with E-state index in [2.05, 4.69) is 20.8 Å². The van der Waals surface area contributed by atoms with Crippen LogP contribution in [0.15, 0.2) is 0 Å². The molecule has 0 spiro atoms. The van der Waals surface area contributed by atoms with Crippen LogP contribution in [0.5, 0.6) is 0 Å². The molecule has 0 unspecified atom stereocenters. The Morgan fingerprint density at radius 2 is 1.26 bits per heavy atom. The maximum absolute atomic E-state index is 8.80. The van der Waals surface area contributed by atoms with Gasteiger partial charge in [-0.1, -0.05) is 0 Å². The van der Waals surface area contributed by atoms with Crippen LogP contribution < -0.4 is 0 Å². The second-order valence-corrected chi connectivity index (χ2v) is 5.56. The predicted octanol–water partition coefficient (Wildman–Crippen LogP) is 0.0670. The molecular weight excluding hydrogens is 296 g/mol. The molecule has 0 aromatic heterocycles. The van der Waals surface area contributed by atoms with Crippen LogP contribution in [0.3, 0.4) is 0 Å². The number of ether oxygens (including phenoxy) is 2. The highest BCUT2D eigenvalue weighted by molar-refractivity contribution is 5.75.